The fraction of sp³-hybridized carbons (Fsp3) is 0.647. The summed E-state index contributed by atoms with van der Waals surface area (Å²) >= 11 is 0. The summed E-state index contributed by atoms with van der Waals surface area (Å²) in [5, 5.41) is 0. The second-order valence-electron chi connectivity index (χ2n) is 5.83. The Bertz CT molecular complexity index is 390. The van der Waals surface area contributed by atoms with Gasteiger partial charge in [0.1, 0.15) is 5.75 Å². The summed E-state index contributed by atoms with van der Waals surface area (Å²) in [5.74, 6) is 1.79. The van der Waals surface area contributed by atoms with E-state index in [-0.39, 0.29) is 0 Å². The largest absolute Gasteiger partial charge is 0.494 e. The molecule has 1 saturated heterocycles. The van der Waals surface area contributed by atoms with Crippen molar-refractivity contribution in [3.8, 4) is 5.75 Å². The zero-order valence-corrected chi connectivity index (χ0v) is 12.8. The molecule has 0 bridgehead atoms. The second-order valence-corrected chi connectivity index (χ2v) is 5.83. The molecule has 0 aliphatic carbocycles. The van der Waals surface area contributed by atoms with Crippen LogP contribution >= 0.6 is 0 Å². The van der Waals surface area contributed by atoms with Crippen molar-refractivity contribution in [2.24, 2.45) is 11.7 Å². The van der Waals surface area contributed by atoms with Gasteiger partial charge >= 0.3 is 0 Å². The molecule has 112 valence electrons. The minimum absolute atomic E-state index is 0.343. The number of hydrogen-bond acceptors (Lipinski definition) is 3. The van der Waals surface area contributed by atoms with Gasteiger partial charge in [0.05, 0.1) is 6.61 Å². The van der Waals surface area contributed by atoms with Gasteiger partial charge in [-0.05, 0) is 62.9 Å². The van der Waals surface area contributed by atoms with Crippen LogP contribution in [0.2, 0.25) is 0 Å². The Morgan fingerprint density at radius 3 is 2.65 bits per heavy atom. The molecule has 20 heavy (non-hydrogen) atoms. The summed E-state index contributed by atoms with van der Waals surface area (Å²) in [7, 11) is 0. The normalized spacial score (nSPS) is 22.2. The molecule has 2 atom stereocenters. The van der Waals surface area contributed by atoms with E-state index >= 15 is 0 Å². The lowest BCUT2D eigenvalue weighted by Crippen LogP contribution is -2.34. The first-order valence-corrected chi connectivity index (χ1v) is 7.91. The Balaban J connectivity index is 2.06. The highest BCUT2D eigenvalue weighted by Crippen LogP contribution is 2.26. The summed E-state index contributed by atoms with van der Waals surface area (Å²) in [5.41, 5.74) is 7.36. The lowest BCUT2D eigenvalue weighted by molar-refractivity contribution is 0.207. The van der Waals surface area contributed by atoms with Crippen molar-refractivity contribution in [2.75, 3.05) is 26.2 Å². The number of likely N-dealkylation sites (tertiary alicyclic amines) is 1. The predicted molar refractivity (Wildman–Crippen MR) is 84.0 cm³/mol. The Morgan fingerprint density at radius 2 is 2.00 bits per heavy atom. The molecule has 1 aliphatic heterocycles. The average Bonchev–Trinajstić information content (AvgIpc) is 2.67. The monoisotopic (exact) mass is 276 g/mol. The molecular weight excluding hydrogens is 248 g/mol. The molecule has 2 unspecified atom stereocenters. The third kappa shape index (κ3) is 3.97. The number of hydrogen-bond donors (Lipinski definition) is 1. The standard InChI is InChI=1S/C17H28N2O/c1-3-20-16-8-6-15(7-9-16)17(13-18)19-11-4-5-14(2)10-12-19/h6-9,14,17H,3-5,10-13,18H2,1-2H3. The van der Waals surface area contributed by atoms with Crippen molar-refractivity contribution >= 4 is 0 Å². The maximum Gasteiger partial charge on any atom is 0.119 e. The van der Waals surface area contributed by atoms with Crippen LogP contribution in [0.1, 0.15) is 44.7 Å². The zero-order valence-electron chi connectivity index (χ0n) is 12.8. The van der Waals surface area contributed by atoms with Crippen LogP contribution in [0.3, 0.4) is 0 Å². The highest BCUT2D eigenvalue weighted by atomic mass is 16.5. The van der Waals surface area contributed by atoms with Crippen LogP contribution in [0.5, 0.6) is 5.75 Å². The molecule has 3 nitrogen and oxygen atoms in total. The Labute approximate surface area is 123 Å². The van der Waals surface area contributed by atoms with Crippen molar-refractivity contribution < 1.29 is 4.74 Å². The first kappa shape index (κ1) is 15.3. The van der Waals surface area contributed by atoms with E-state index in [2.05, 4.69) is 36.1 Å². The molecule has 0 radical (unpaired) electrons. The van der Waals surface area contributed by atoms with Crippen LogP contribution in [0.4, 0.5) is 0 Å². The first-order valence-electron chi connectivity index (χ1n) is 7.91. The number of benzene rings is 1. The van der Waals surface area contributed by atoms with Gasteiger partial charge < -0.3 is 10.5 Å². The molecule has 0 aromatic heterocycles. The lowest BCUT2D eigenvalue weighted by Gasteiger charge is -2.30. The highest BCUT2D eigenvalue weighted by Gasteiger charge is 2.22. The summed E-state index contributed by atoms with van der Waals surface area (Å²) in [6.45, 7) is 8.09. The van der Waals surface area contributed by atoms with Gasteiger partial charge in [-0.3, -0.25) is 4.90 Å². The maximum atomic E-state index is 6.05. The highest BCUT2D eigenvalue weighted by molar-refractivity contribution is 5.29. The van der Waals surface area contributed by atoms with Crippen molar-refractivity contribution in [1.29, 1.82) is 0 Å². The number of nitrogens with zero attached hydrogens (tertiary/aromatic N) is 1. The minimum Gasteiger partial charge on any atom is -0.494 e. The van der Waals surface area contributed by atoms with E-state index in [4.69, 9.17) is 10.5 Å². The molecule has 1 aromatic carbocycles. The van der Waals surface area contributed by atoms with Crippen LogP contribution in [0, 0.1) is 5.92 Å². The molecule has 0 saturated carbocycles. The summed E-state index contributed by atoms with van der Waals surface area (Å²) in [4.78, 5) is 2.55. The molecule has 2 rings (SSSR count). The van der Waals surface area contributed by atoms with Gasteiger partial charge in [0.25, 0.3) is 0 Å². The van der Waals surface area contributed by atoms with Crippen molar-refractivity contribution in [3.05, 3.63) is 29.8 Å². The molecule has 0 spiro atoms. The van der Waals surface area contributed by atoms with E-state index in [0.29, 0.717) is 19.2 Å². The van der Waals surface area contributed by atoms with E-state index in [1.807, 2.05) is 6.92 Å². The third-order valence-electron chi connectivity index (χ3n) is 4.29. The fourth-order valence-corrected chi connectivity index (χ4v) is 3.05. The van der Waals surface area contributed by atoms with Gasteiger partial charge in [0.2, 0.25) is 0 Å². The predicted octanol–water partition coefficient (Wildman–Crippen LogP) is 3.21. The molecule has 1 heterocycles. The zero-order chi connectivity index (χ0) is 14.4. The van der Waals surface area contributed by atoms with Crippen LogP contribution < -0.4 is 10.5 Å². The number of ether oxygens (including phenoxy) is 1. The Hall–Kier alpha value is -1.06. The third-order valence-corrected chi connectivity index (χ3v) is 4.29. The molecule has 1 fully saturated rings. The Morgan fingerprint density at radius 1 is 1.25 bits per heavy atom. The summed E-state index contributed by atoms with van der Waals surface area (Å²) in [6, 6.07) is 8.79. The fourth-order valence-electron chi connectivity index (χ4n) is 3.05. The van der Waals surface area contributed by atoms with E-state index < -0.39 is 0 Å². The second kappa shape index (κ2) is 7.65. The van der Waals surface area contributed by atoms with Crippen LogP contribution in [-0.2, 0) is 0 Å². The summed E-state index contributed by atoms with van der Waals surface area (Å²) < 4.78 is 5.51. The van der Waals surface area contributed by atoms with E-state index in [0.717, 1.165) is 18.2 Å². The van der Waals surface area contributed by atoms with Gasteiger partial charge in [0, 0.05) is 12.6 Å². The number of rotatable bonds is 5. The smallest absolute Gasteiger partial charge is 0.119 e. The van der Waals surface area contributed by atoms with Gasteiger partial charge in [-0.25, -0.2) is 0 Å². The van der Waals surface area contributed by atoms with Gasteiger partial charge in [-0.1, -0.05) is 19.1 Å². The van der Waals surface area contributed by atoms with Crippen molar-refractivity contribution in [3.63, 3.8) is 0 Å². The average molecular weight is 276 g/mol. The molecule has 1 aromatic rings. The van der Waals surface area contributed by atoms with Gasteiger partial charge in [-0.2, -0.15) is 0 Å². The van der Waals surface area contributed by atoms with Crippen LogP contribution in [0.15, 0.2) is 24.3 Å². The van der Waals surface area contributed by atoms with Crippen molar-refractivity contribution in [1.82, 2.24) is 4.90 Å². The quantitative estimate of drug-likeness (QED) is 0.897. The van der Waals surface area contributed by atoms with E-state index in [1.165, 1.54) is 31.4 Å². The van der Waals surface area contributed by atoms with Crippen molar-refractivity contribution in [2.45, 2.75) is 39.2 Å². The van der Waals surface area contributed by atoms with Crippen LogP contribution in [-0.4, -0.2) is 31.1 Å². The van der Waals surface area contributed by atoms with Crippen LogP contribution in [0.25, 0.3) is 0 Å². The van der Waals surface area contributed by atoms with E-state index in [9.17, 15) is 0 Å². The molecule has 2 N–H and O–H groups in total. The maximum absolute atomic E-state index is 6.05. The lowest BCUT2D eigenvalue weighted by atomic mass is 10.0. The molecule has 1 aliphatic rings. The van der Waals surface area contributed by atoms with Gasteiger partial charge in [0.15, 0.2) is 0 Å². The molecule has 3 heteroatoms. The summed E-state index contributed by atoms with van der Waals surface area (Å²) in [6.07, 6.45) is 3.92. The Kier molecular flexibility index (Phi) is 5.86. The molecule has 0 amide bonds. The topological polar surface area (TPSA) is 38.5 Å². The van der Waals surface area contributed by atoms with Gasteiger partial charge in [-0.15, -0.1) is 0 Å². The first-order chi connectivity index (χ1) is 9.74. The number of nitrogens with two attached hydrogens (primary N) is 1. The van der Waals surface area contributed by atoms with E-state index in [1.54, 1.807) is 0 Å². The SMILES string of the molecule is CCOc1ccc(C(CN)N2CCCC(C)CC2)cc1. The molecular formula is C17H28N2O. The minimum atomic E-state index is 0.343.